The number of likely N-dealkylation sites (tertiary alicyclic amines) is 1. The monoisotopic (exact) mass is 338 g/mol. The second kappa shape index (κ2) is 5.63. The molecule has 1 fully saturated rings. The van der Waals surface area contributed by atoms with Gasteiger partial charge in [0.1, 0.15) is 17.2 Å². The topological polar surface area (TPSA) is 42.4 Å². The molecule has 0 aliphatic carbocycles. The van der Waals surface area contributed by atoms with Gasteiger partial charge >= 0.3 is 0 Å². The van der Waals surface area contributed by atoms with Crippen molar-refractivity contribution in [3.05, 3.63) is 54.0 Å². The number of furan rings is 1. The van der Waals surface area contributed by atoms with Gasteiger partial charge < -0.3 is 14.1 Å². The van der Waals surface area contributed by atoms with Crippen molar-refractivity contribution in [2.75, 3.05) is 19.6 Å². The number of hydrazone groups is 1. The lowest BCUT2D eigenvalue weighted by molar-refractivity contribution is -0.906. The van der Waals surface area contributed by atoms with E-state index in [1.165, 1.54) is 12.1 Å². The van der Waals surface area contributed by atoms with Gasteiger partial charge in [0.15, 0.2) is 0 Å². The van der Waals surface area contributed by atoms with Gasteiger partial charge in [0, 0.05) is 12.0 Å². The van der Waals surface area contributed by atoms with Gasteiger partial charge in [-0.15, -0.1) is 0 Å². The van der Waals surface area contributed by atoms with Crippen LogP contribution in [0.4, 0.5) is 0 Å². The molecule has 5 heteroatoms. The normalized spacial score (nSPS) is 30.6. The van der Waals surface area contributed by atoms with Gasteiger partial charge in [0.05, 0.1) is 44.8 Å². The number of nitrogens with one attached hydrogen (secondary N) is 1. The largest absolute Gasteiger partial charge is 0.466 e. The number of benzene rings is 1. The third-order valence-corrected chi connectivity index (χ3v) is 5.95. The third kappa shape index (κ3) is 2.29. The Bertz CT molecular complexity index is 791. The summed E-state index contributed by atoms with van der Waals surface area (Å²) in [6.45, 7) is 5.70. The molecule has 130 valence electrons. The highest BCUT2D eigenvalue weighted by atomic mass is 16.5. The van der Waals surface area contributed by atoms with E-state index in [4.69, 9.17) is 14.3 Å². The van der Waals surface area contributed by atoms with Gasteiger partial charge in [0.2, 0.25) is 5.72 Å². The van der Waals surface area contributed by atoms with Gasteiger partial charge in [-0.3, -0.25) is 0 Å². The van der Waals surface area contributed by atoms with Crippen molar-refractivity contribution in [1.82, 2.24) is 5.01 Å². The first-order valence-corrected chi connectivity index (χ1v) is 9.31. The Morgan fingerprint density at radius 3 is 2.80 bits per heavy atom. The Morgan fingerprint density at radius 2 is 2.04 bits per heavy atom. The third-order valence-electron chi connectivity index (χ3n) is 5.95. The number of hydrogen-bond acceptors (Lipinski definition) is 4. The molecule has 1 saturated heterocycles. The summed E-state index contributed by atoms with van der Waals surface area (Å²) in [6, 6.07) is 12.6. The average Bonchev–Trinajstić information content (AvgIpc) is 3.33. The second-order valence-electron chi connectivity index (χ2n) is 7.28. The van der Waals surface area contributed by atoms with Gasteiger partial charge in [-0.25, -0.2) is 5.01 Å². The number of piperidine rings is 1. The van der Waals surface area contributed by atoms with Crippen LogP contribution in [-0.4, -0.2) is 36.1 Å². The molecular weight excluding hydrogens is 314 g/mol. The minimum Gasteiger partial charge on any atom is -0.466 e. The molecule has 0 unspecified atom stereocenters. The Hall–Kier alpha value is -2.27. The molecule has 0 saturated carbocycles. The van der Waals surface area contributed by atoms with Crippen molar-refractivity contribution < 1.29 is 14.1 Å². The van der Waals surface area contributed by atoms with E-state index in [0.29, 0.717) is 0 Å². The SMILES string of the molecule is CC[NH+]1CCC2(CC1)Oc1ccccc1[C@@H]1CC(c3ccco3)=NN12. The lowest BCUT2D eigenvalue weighted by Gasteiger charge is -2.50. The molecule has 0 amide bonds. The highest BCUT2D eigenvalue weighted by molar-refractivity contribution is 5.99. The summed E-state index contributed by atoms with van der Waals surface area (Å²) in [4.78, 5) is 1.65. The second-order valence-corrected chi connectivity index (χ2v) is 7.28. The van der Waals surface area contributed by atoms with Crippen LogP contribution in [-0.2, 0) is 0 Å². The summed E-state index contributed by atoms with van der Waals surface area (Å²) in [5.74, 6) is 1.90. The van der Waals surface area contributed by atoms with Crippen LogP contribution in [0, 0.1) is 0 Å². The van der Waals surface area contributed by atoms with Crippen LogP contribution in [0.2, 0.25) is 0 Å². The quantitative estimate of drug-likeness (QED) is 0.913. The molecule has 5 nitrogen and oxygen atoms in total. The minimum absolute atomic E-state index is 0.244. The number of hydrogen-bond donors (Lipinski definition) is 1. The van der Waals surface area contributed by atoms with Crippen molar-refractivity contribution in [3.63, 3.8) is 0 Å². The van der Waals surface area contributed by atoms with Gasteiger partial charge in [-0.2, -0.15) is 5.10 Å². The van der Waals surface area contributed by atoms with E-state index in [1.54, 1.807) is 11.2 Å². The van der Waals surface area contributed by atoms with Crippen LogP contribution in [0.1, 0.15) is 43.6 Å². The predicted octanol–water partition coefficient (Wildman–Crippen LogP) is 2.22. The molecule has 3 aliphatic heterocycles. The molecular formula is C20H24N3O2+. The van der Waals surface area contributed by atoms with Crippen molar-refractivity contribution >= 4 is 5.71 Å². The first-order chi connectivity index (χ1) is 12.3. The summed E-state index contributed by atoms with van der Waals surface area (Å²) >= 11 is 0. The molecule has 2 aromatic rings. The van der Waals surface area contributed by atoms with Gasteiger partial charge in [-0.05, 0) is 25.1 Å². The molecule has 1 N–H and O–H groups in total. The van der Waals surface area contributed by atoms with E-state index in [0.717, 1.165) is 49.6 Å². The van der Waals surface area contributed by atoms with E-state index in [-0.39, 0.29) is 11.8 Å². The van der Waals surface area contributed by atoms with Crippen LogP contribution in [0.25, 0.3) is 0 Å². The number of para-hydroxylation sites is 1. The Balaban J connectivity index is 1.56. The first kappa shape index (κ1) is 15.0. The maximum absolute atomic E-state index is 6.61. The van der Waals surface area contributed by atoms with Crippen LogP contribution in [0.5, 0.6) is 5.75 Å². The number of fused-ring (bicyclic) bond motifs is 4. The van der Waals surface area contributed by atoms with Crippen molar-refractivity contribution in [3.8, 4) is 5.75 Å². The summed E-state index contributed by atoms with van der Waals surface area (Å²) < 4.78 is 12.2. The van der Waals surface area contributed by atoms with Crippen LogP contribution < -0.4 is 9.64 Å². The van der Waals surface area contributed by atoms with Crippen molar-refractivity contribution in [1.29, 1.82) is 0 Å². The lowest BCUT2D eigenvalue weighted by Crippen LogP contribution is -3.13. The van der Waals surface area contributed by atoms with E-state index in [1.807, 2.05) is 12.1 Å². The van der Waals surface area contributed by atoms with Crippen molar-refractivity contribution in [2.24, 2.45) is 5.10 Å². The van der Waals surface area contributed by atoms with E-state index in [9.17, 15) is 0 Å². The molecule has 1 aromatic heterocycles. The summed E-state index contributed by atoms with van der Waals surface area (Å²) in [5, 5.41) is 7.25. The fraction of sp³-hybridized carbons (Fsp3) is 0.450. The minimum atomic E-state index is -0.313. The average molecular weight is 338 g/mol. The predicted molar refractivity (Wildman–Crippen MR) is 94.7 cm³/mol. The highest BCUT2D eigenvalue weighted by Crippen LogP contribution is 2.49. The standard InChI is InChI=1S/C20H23N3O2/c1-2-22-11-9-20(10-12-22)23-17(15-6-3-4-7-18(15)25-20)14-16(21-23)19-8-5-13-24-19/h3-8,13,17H,2,9-12,14H2,1H3/p+1/t17-/m0/s1. The maximum Gasteiger partial charge on any atom is 0.208 e. The maximum atomic E-state index is 6.61. The molecule has 0 radical (unpaired) electrons. The van der Waals surface area contributed by atoms with E-state index < -0.39 is 0 Å². The van der Waals surface area contributed by atoms with Crippen LogP contribution in [0.3, 0.4) is 0 Å². The van der Waals surface area contributed by atoms with Gasteiger partial charge in [-0.1, -0.05) is 18.2 Å². The number of rotatable bonds is 2. The summed E-state index contributed by atoms with van der Waals surface area (Å²) in [5.41, 5.74) is 1.95. The van der Waals surface area contributed by atoms with Crippen molar-refractivity contribution in [2.45, 2.75) is 38.0 Å². The smallest absolute Gasteiger partial charge is 0.208 e. The Morgan fingerprint density at radius 1 is 1.20 bits per heavy atom. The highest BCUT2D eigenvalue weighted by Gasteiger charge is 2.52. The molecule has 25 heavy (non-hydrogen) atoms. The number of quaternary nitrogens is 1. The zero-order valence-electron chi connectivity index (χ0n) is 14.6. The zero-order chi connectivity index (χ0) is 16.9. The number of nitrogens with zero attached hydrogens (tertiary/aromatic N) is 2. The van der Waals surface area contributed by atoms with Gasteiger partial charge in [0.25, 0.3) is 0 Å². The van der Waals surface area contributed by atoms with E-state index >= 15 is 0 Å². The molecule has 3 aliphatic rings. The first-order valence-electron chi connectivity index (χ1n) is 9.31. The fourth-order valence-electron chi connectivity index (χ4n) is 4.50. The van der Waals surface area contributed by atoms with E-state index in [2.05, 4.69) is 36.2 Å². The summed E-state index contributed by atoms with van der Waals surface area (Å²) in [7, 11) is 0. The molecule has 1 aromatic carbocycles. The summed E-state index contributed by atoms with van der Waals surface area (Å²) in [6.07, 6.45) is 4.62. The zero-order valence-corrected chi connectivity index (χ0v) is 14.6. The van der Waals surface area contributed by atoms with Crippen LogP contribution >= 0.6 is 0 Å². The molecule has 1 atom stereocenters. The molecule has 0 bridgehead atoms. The van der Waals surface area contributed by atoms with Crippen LogP contribution in [0.15, 0.2) is 52.2 Å². The Labute approximate surface area is 147 Å². The molecule has 5 rings (SSSR count). The fourth-order valence-corrected chi connectivity index (χ4v) is 4.50. The Kier molecular flexibility index (Phi) is 3.38. The molecule has 1 spiro atoms. The number of ether oxygens (including phenoxy) is 1. The molecule has 4 heterocycles. The lowest BCUT2D eigenvalue weighted by atomic mass is 9.91.